The van der Waals surface area contributed by atoms with Crippen LogP contribution in [0.3, 0.4) is 0 Å². The number of aryl methyl sites for hydroxylation is 1. The highest BCUT2D eigenvalue weighted by Gasteiger charge is 2.19. The van der Waals surface area contributed by atoms with Crippen LogP contribution in [0.4, 0.5) is 0 Å². The first-order chi connectivity index (χ1) is 7.69. The quantitative estimate of drug-likeness (QED) is 0.777. The molecular formula is C10H17N3OS2. The van der Waals surface area contributed by atoms with Crippen molar-refractivity contribution in [1.82, 2.24) is 14.7 Å². The maximum Gasteiger partial charge on any atom is 0.180 e. The van der Waals surface area contributed by atoms with Crippen LogP contribution >= 0.6 is 23.6 Å². The fraction of sp³-hybridized carbons (Fsp3) is 0.800. The third-order valence-corrected chi connectivity index (χ3v) is 4.13. The number of methoxy groups -OCH3 is 1. The van der Waals surface area contributed by atoms with Crippen molar-refractivity contribution < 1.29 is 4.74 Å². The summed E-state index contributed by atoms with van der Waals surface area (Å²) >= 11 is 6.83. The minimum Gasteiger partial charge on any atom is -0.381 e. The van der Waals surface area contributed by atoms with Crippen LogP contribution in [0.1, 0.15) is 17.8 Å². The van der Waals surface area contributed by atoms with Crippen LogP contribution in [0, 0.1) is 10.9 Å². The van der Waals surface area contributed by atoms with Gasteiger partial charge in [-0.1, -0.05) is 11.3 Å². The van der Waals surface area contributed by atoms with E-state index in [0.29, 0.717) is 6.10 Å². The Morgan fingerprint density at radius 2 is 2.19 bits per heavy atom. The van der Waals surface area contributed by atoms with E-state index < -0.39 is 0 Å². The van der Waals surface area contributed by atoms with Crippen LogP contribution in [-0.4, -0.2) is 41.0 Å². The van der Waals surface area contributed by atoms with E-state index in [1.54, 1.807) is 18.4 Å². The van der Waals surface area contributed by atoms with Crippen molar-refractivity contribution in [3.05, 3.63) is 8.96 Å². The predicted octanol–water partition coefficient (Wildman–Crippen LogP) is 2.05. The molecule has 0 amide bonds. The van der Waals surface area contributed by atoms with Gasteiger partial charge in [-0.05, 0) is 32.0 Å². The van der Waals surface area contributed by atoms with E-state index in [9.17, 15) is 0 Å². The second kappa shape index (κ2) is 5.35. The Morgan fingerprint density at radius 1 is 1.50 bits per heavy atom. The van der Waals surface area contributed by atoms with Gasteiger partial charge in [0.2, 0.25) is 0 Å². The van der Waals surface area contributed by atoms with Crippen molar-refractivity contribution in [3.63, 3.8) is 0 Å². The summed E-state index contributed by atoms with van der Waals surface area (Å²) in [6.45, 7) is 4.95. The van der Waals surface area contributed by atoms with Crippen LogP contribution in [0.15, 0.2) is 0 Å². The van der Waals surface area contributed by atoms with E-state index in [-0.39, 0.29) is 0 Å². The lowest BCUT2D eigenvalue weighted by atomic mass is 10.1. The van der Waals surface area contributed by atoms with Crippen molar-refractivity contribution >= 4 is 23.6 Å². The lowest BCUT2D eigenvalue weighted by Gasteiger charge is -2.30. The van der Waals surface area contributed by atoms with Gasteiger partial charge < -0.3 is 4.74 Å². The SMILES string of the molecule is COC1CCN(Cn2nc(C)sc2=S)CC1. The molecule has 1 aromatic heterocycles. The van der Waals surface area contributed by atoms with E-state index in [1.807, 2.05) is 11.6 Å². The largest absolute Gasteiger partial charge is 0.381 e. The van der Waals surface area contributed by atoms with Gasteiger partial charge in [0.05, 0.1) is 12.8 Å². The summed E-state index contributed by atoms with van der Waals surface area (Å²) in [6.07, 6.45) is 2.64. The van der Waals surface area contributed by atoms with Crippen molar-refractivity contribution in [1.29, 1.82) is 0 Å². The summed E-state index contributed by atoms with van der Waals surface area (Å²) in [5.74, 6) is 0. The van der Waals surface area contributed by atoms with E-state index in [2.05, 4.69) is 10.00 Å². The molecule has 6 heteroatoms. The molecule has 1 aromatic rings. The molecule has 0 aliphatic carbocycles. The number of piperidine rings is 1. The van der Waals surface area contributed by atoms with Gasteiger partial charge in [0, 0.05) is 20.2 Å². The Balaban J connectivity index is 1.92. The summed E-state index contributed by atoms with van der Waals surface area (Å²) in [5.41, 5.74) is 0. The molecule has 2 heterocycles. The van der Waals surface area contributed by atoms with Crippen LogP contribution in [-0.2, 0) is 11.4 Å². The number of nitrogens with zero attached hydrogens (tertiary/aromatic N) is 3. The highest BCUT2D eigenvalue weighted by atomic mass is 32.1. The summed E-state index contributed by atoms with van der Waals surface area (Å²) in [7, 11) is 1.79. The Kier molecular flexibility index (Phi) is 4.07. The fourth-order valence-corrected chi connectivity index (χ4v) is 3.03. The van der Waals surface area contributed by atoms with Gasteiger partial charge in [0.25, 0.3) is 0 Å². The molecule has 90 valence electrons. The topological polar surface area (TPSA) is 30.3 Å². The Morgan fingerprint density at radius 3 is 2.69 bits per heavy atom. The zero-order valence-corrected chi connectivity index (χ0v) is 11.3. The van der Waals surface area contributed by atoms with Gasteiger partial charge in [-0.3, -0.25) is 4.90 Å². The maximum absolute atomic E-state index is 5.35. The smallest absolute Gasteiger partial charge is 0.180 e. The number of hydrogen-bond acceptors (Lipinski definition) is 5. The number of aromatic nitrogens is 2. The zero-order valence-electron chi connectivity index (χ0n) is 9.68. The van der Waals surface area contributed by atoms with Crippen molar-refractivity contribution in [2.45, 2.75) is 32.5 Å². The molecule has 0 atom stereocenters. The maximum atomic E-state index is 5.35. The fourth-order valence-electron chi connectivity index (χ4n) is 1.98. The van der Waals surface area contributed by atoms with Crippen LogP contribution < -0.4 is 0 Å². The van der Waals surface area contributed by atoms with E-state index in [1.165, 1.54) is 0 Å². The predicted molar refractivity (Wildman–Crippen MR) is 67.3 cm³/mol. The summed E-state index contributed by atoms with van der Waals surface area (Å²) in [5, 5.41) is 5.44. The minimum atomic E-state index is 0.432. The number of rotatable bonds is 3. The summed E-state index contributed by atoms with van der Waals surface area (Å²) < 4.78 is 8.14. The van der Waals surface area contributed by atoms with E-state index in [0.717, 1.165) is 41.6 Å². The minimum absolute atomic E-state index is 0.432. The molecule has 2 rings (SSSR count). The second-order valence-corrected chi connectivity index (χ2v) is 5.91. The van der Waals surface area contributed by atoms with Gasteiger partial charge in [0.1, 0.15) is 5.01 Å². The second-order valence-electron chi connectivity index (χ2n) is 4.08. The molecule has 0 unspecified atom stereocenters. The third kappa shape index (κ3) is 2.88. The summed E-state index contributed by atoms with van der Waals surface area (Å²) in [6, 6.07) is 0. The number of hydrogen-bond donors (Lipinski definition) is 0. The highest BCUT2D eigenvalue weighted by Crippen LogP contribution is 2.14. The average molecular weight is 259 g/mol. The first kappa shape index (κ1) is 12.2. The Labute approximate surface area is 105 Å². The van der Waals surface area contributed by atoms with Crippen LogP contribution in [0.25, 0.3) is 0 Å². The van der Waals surface area contributed by atoms with Crippen molar-refractivity contribution in [3.8, 4) is 0 Å². The first-order valence-electron chi connectivity index (χ1n) is 5.48. The molecule has 1 fully saturated rings. The number of likely N-dealkylation sites (tertiary alicyclic amines) is 1. The van der Waals surface area contributed by atoms with Gasteiger partial charge in [-0.2, -0.15) is 5.10 Å². The summed E-state index contributed by atoms with van der Waals surface area (Å²) in [4.78, 5) is 2.38. The normalized spacial score (nSPS) is 19.1. The van der Waals surface area contributed by atoms with Crippen LogP contribution in [0.2, 0.25) is 0 Å². The first-order valence-corrected chi connectivity index (χ1v) is 6.71. The molecule has 0 spiro atoms. The molecule has 0 saturated carbocycles. The Hall–Kier alpha value is -0.300. The lowest BCUT2D eigenvalue weighted by Crippen LogP contribution is -2.37. The molecule has 0 bridgehead atoms. The highest BCUT2D eigenvalue weighted by molar-refractivity contribution is 7.73. The van der Waals surface area contributed by atoms with Gasteiger partial charge in [0.15, 0.2) is 3.95 Å². The molecule has 1 aliphatic rings. The van der Waals surface area contributed by atoms with Crippen LogP contribution in [0.5, 0.6) is 0 Å². The molecule has 4 nitrogen and oxygen atoms in total. The monoisotopic (exact) mass is 259 g/mol. The van der Waals surface area contributed by atoms with E-state index in [4.69, 9.17) is 17.0 Å². The average Bonchev–Trinajstić information content (AvgIpc) is 2.59. The molecule has 0 N–H and O–H groups in total. The van der Waals surface area contributed by atoms with Gasteiger partial charge >= 0.3 is 0 Å². The van der Waals surface area contributed by atoms with Gasteiger partial charge in [-0.15, -0.1) is 0 Å². The molecule has 1 saturated heterocycles. The molecular weight excluding hydrogens is 242 g/mol. The number of ether oxygens (including phenoxy) is 1. The molecule has 0 radical (unpaired) electrons. The van der Waals surface area contributed by atoms with Crippen molar-refractivity contribution in [2.24, 2.45) is 0 Å². The van der Waals surface area contributed by atoms with Gasteiger partial charge in [-0.25, -0.2) is 4.68 Å². The third-order valence-electron chi connectivity index (χ3n) is 2.91. The zero-order chi connectivity index (χ0) is 11.5. The molecule has 1 aliphatic heterocycles. The van der Waals surface area contributed by atoms with E-state index >= 15 is 0 Å². The molecule has 0 aromatic carbocycles. The lowest BCUT2D eigenvalue weighted by molar-refractivity contribution is 0.0302. The molecule has 16 heavy (non-hydrogen) atoms. The van der Waals surface area contributed by atoms with Crippen molar-refractivity contribution in [2.75, 3.05) is 20.2 Å². The Bertz CT molecular complexity index is 393. The standard InChI is InChI=1S/C10H17N3OS2/c1-8-11-13(10(15)16-8)7-12-5-3-9(14-2)4-6-12/h9H,3-7H2,1-2H3.